The highest BCUT2D eigenvalue weighted by Gasteiger charge is 2.32. The van der Waals surface area contributed by atoms with Crippen molar-refractivity contribution in [1.29, 1.82) is 0 Å². The highest BCUT2D eigenvalue weighted by atomic mass is 35.5. The Kier molecular flexibility index (Phi) is 10.1. The van der Waals surface area contributed by atoms with E-state index in [0.29, 0.717) is 29.1 Å². The predicted molar refractivity (Wildman–Crippen MR) is 137 cm³/mol. The van der Waals surface area contributed by atoms with Crippen molar-refractivity contribution in [3.05, 3.63) is 64.4 Å². The van der Waals surface area contributed by atoms with E-state index in [2.05, 4.69) is 5.32 Å². The van der Waals surface area contributed by atoms with Gasteiger partial charge >= 0.3 is 0 Å². The van der Waals surface area contributed by atoms with Crippen LogP contribution in [0, 0.1) is 18.7 Å². The number of carbonyl (C=O) groups is 2. The van der Waals surface area contributed by atoms with E-state index in [-0.39, 0.29) is 24.1 Å². The molecule has 0 aliphatic rings. The molecule has 2 rings (SSSR count). The van der Waals surface area contributed by atoms with Crippen LogP contribution in [0.1, 0.15) is 38.3 Å². The van der Waals surface area contributed by atoms with Crippen LogP contribution in [-0.2, 0) is 26.2 Å². The van der Waals surface area contributed by atoms with Crippen molar-refractivity contribution in [1.82, 2.24) is 10.2 Å². The van der Waals surface area contributed by atoms with E-state index in [4.69, 9.17) is 11.6 Å². The van der Waals surface area contributed by atoms with Crippen molar-refractivity contribution in [2.75, 3.05) is 23.7 Å². The fourth-order valence-corrected chi connectivity index (χ4v) is 4.64. The number of hydrogen-bond donors (Lipinski definition) is 1. The smallest absolute Gasteiger partial charge is 0.244 e. The number of anilines is 1. The van der Waals surface area contributed by atoms with Crippen LogP contribution in [0.4, 0.5) is 10.1 Å². The molecule has 1 atom stereocenters. The molecule has 7 nitrogen and oxygen atoms in total. The number of sulfonamides is 1. The lowest BCUT2D eigenvalue weighted by molar-refractivity contribution is -0.140. The van der Waals surface area contributed by atoms with Gasteiger partial charge in [-0.3, -0.25) is 13.9 Å². The topological polar surface area (TPSA) is 86.8 Å². The lowest BCUT2D eigenvalue weighted by Crippen LogP contribution is -2.52. The second-order valence-electron chi connectivity index (χ2n) is 8.91. The average molecular weight is 526 g/mol. The van der Waals surface area contributed by atoms with E-state index in [1.807, 2.05) is 13.8 Å². The van der Waals surface area contributed by atoms with Gasteiger partial charge in [-0.05, 0) is 54.7 Å². The van der Waals surface area contributed by atoms with Crippen LogP contribution in [0.5, 0.6) is 0 Å². The van der Waals surface area contributed by atoms with Gasteiger partial charge in [0.15, 0.2) is 0 Å². The molecule has 2 aromatic carbocycles. The molecule has 0 heterocycles. The summed E-state index contributed by atoms with van der Waals surface area (Å²) in [5.74, 6) is -1.11. The molecule has 35 heavy (non-hydrogen) atoms. The molecule has 2 aromatic rings. The SMILES string of the molecule is CC[C@@H](C(=O)NCC(C)C)N(Cc1ccc(F)cc1)C(=O)CN(c1cc(Cl)ccc1C)S(C)(=O)=O. The first-order valence-electron chi connectivity index (χ1n) is 11.4. The number of rotatable bonds is 11. The zero-order valence-corrected chi connectivity index (χ0v) is 22.3. The molecule has 0 unspecified atom stereocenters. The Hall–Kier alpha value is -2.65. The molecule has 0 spiro atoms. The first-order valence-corrected chi connectivity index (χ1v) is 13.6. The lowest BCUT2D eigenvalue weighted by Gasteiger charge is -2.33. The zero-order valence-electron chi connectivity index (χ0n) is 20.7. The van der Waals surface area contributed by atoms with Crippen LogP contribution < -0.4 is 9.62 Å². The normalized spacial score (nSPS) is 12.3. The number of hydrogen-bond acceptors (Lipinski definition) is 4. The van der Waals surface area contributed by atoms with Crippen LogP contribution in [0.25, 0.3) is 0 Å². The van der Waals surface area contributed by atoms with Crippen LogP contribution in [-0.4, -0.2) is 50.5 Å². The molecular weight excluding hydrogens is 493 g/mol. The quantitative estimate of drug-likeness (QED) is 0.478. The number of aryl methyl sites for hydroxylation is 1. The fraction of sp³-hybridized carbons (Fsp3) is 0.440. The molecule has 0 fully saturated rings. The van der Waals surface area contributed by atoms with E-state index in [9.17, 15) is 22.4 Å². The second kappa shape index (κ2) is 12.4. The number of amides is 2. The summed E-state index contributed by atoms with van der Waals surface area (Å²) in [4.78, 5) is 28.0. The van der Waals surface area contributed by atoms with E-state index >= 15 is 0 Å². The number of benzene rings is 2. The number of carbonyl (C=O) groups excluding carboxylic acids is 2. The van der Waals surface area contributed by atoms with E-state index in [1.54, 1.807) is 26.0 Å². The fourth-order valence-electron chi connectivity index (χ4n) is 3.57. The van der Waals surface area contributed by atoms with Crippen molar-refractivity contribution in [2.45, 2.75) is 46.7 Å². The van der Waals surface area contributed by atoms with E-state index in [0.717, 1.165) is 10.6 Å². The van der Waals surface area contributed by atoms with Crippen LogP contribution in [0.15, 0.2) is 42.5 Å². The van der Waals surface area contributed by atoms with Gasteiger partial charge in [0.2, 0.25) is 21.8 Å². The minimum atomic E-state index is -3.86. The first kappa shape index (κ1) is 28.6. The number of halogens is 2. The maximum Gasteiger partial charge on any atom is 0.244 e. The summed E-state index contributed by atoms with van der Waals surface area (Å²) >= 11 is 6.10. The Balaban J connectivity index is 2.45. The minimum Gasteiger partial charge on any atom is -0.354 e. The Morgan fingerprint density at radius 1 is 1.11 bits per heavy atom. The van der Waals surface area contributed by atoms with Gasteiger partial charge < -0.3 is 10.2 Å². The summed E-state index contributed by atoms with van der Waals surface area (Å²) < 4.78 is 39.8. The molecule has 0 aromatic heterocycles. The molecule has 192 valence electrons. The monoisotopic (exact) mass is 525 g/mol. The van der Waals surface area contributed by atoms with Crippen molar-refractivity contribution in [3.63, 3.8) is 0 Å². The van der Waals surface area contributed by atoms with E-state index in [1.165, 1.54) is 35.2 Å². The third kappa shape index (κ3) is 8.21. The number of nitrogens with one attached hydrogen (secondary N) is 1. The van der Waals surface area contributed by atoms with Crippen LogP contribution in [0.2, 0.25) is 5.02 Å². The minimum absolute atomic E-state index is 0.0127. The Morgan fingerprint density at radius 2 is 1.74 bits per heavy atom. The van der Waals surface area contributed by atoms with Crippen molar-refractivity contribution < 1.29 is 22.4 Å². The molecular formula is C25H33ClFN3O4S. The molecule has 2 amide bonds. The van der Waals surface area contributed by atoms with Crippen LogP contribution in [0.3, 0.4) is 0 Å². The Bertz CT molecular complexity index is 1140. The Labute approximate surface area is 212 Å². The molecule has 0 aliphatic carbocycles. The molecule has 0 saturated heterocycles. The average Bonchev–Trinajstić information content (AvgIpc) is 2.78. The summed E-state index contributed by atoms with van der Waals surface area (Å²) in [6, 6.07) is 9.57. The second-order valence-corrected chi connectivity index (χ2v) is 11.3. The van der Waals surface area contributed by atoms with Gasteiger partial charge in [-0.15, -0.1) is 0 Å². The third-order valence-electron chi connectivity index (χ3n) is 5.46. The summed E-state index contributed by atoms with van der Waals surface area (Å²) in [5, 5.41) is 3.18. The van der Waals surface area contributed by atoms with Gasteiger partial charge in [0.1, 0.15) is 18.4 Å². The molecule has 1 N–H and O–H groups in total. The first-order chi connectivity index (χ1) is 16.3. The predicted octanol–water partition coefficient (Wildman–Crippen LogP) is 4.13. The summed E-state index contributed by atoms with van der Waals surface area (Å²) in [6.07, 6.45) is 1.32. The molecule has 0 aliphatic heterocycles. The summed E-state index contributed by atoms with van der Waals surface area (Å²) in [5.41, 5.74) is 1.52. The van der Waals surface area contributed by atoms with Gasteiger partial charge in [0.25, 0.3) is 0 Å². The molecule has 0 bridgehead atoms. The summed E-state index contributed by atoms with van der Waals surface area (Å²) in [7, 11) is -3.86. The highest BCUT2D eigenvalue weighted by molar-refractivity contribution is 7.92. The van der Waals surface area contributed by atoms with Crippen molar-refractivity contribution >= 4 is 39.1 Å². The standard InChI is InChI=1S/C25H33ClFN3O4S/c1-6-22(25(32)28-14-17(2)3)29(15-19-8-11-21(27)12-9-19)24(31)16-30(35(5,33)34)23-13-20(26)10-7-18(23)4/h7-13,17,22H,6,14-16H2,1-5H3,(H,28,32)/t22-/m0/s1. The molecule has 0 radical (unpaired) electrons. The molecule has 10 heteroatoms. The highest BCUT2D eigenvalue weighted by Crippen LogP contribution is 2.27. The maximum absolute atomic E-state index is 13.6. The third-order valence-corrected chi connectivity index (χ3v) is 6.82. The van der Waals surface area contributed by atoms with Crippen molar-refractivity contribution in [3.8, 4) is 0 Å². The zero-order chi connectivity index (χ0) is 26.3. The van der Waals surface area contributed by atoms with Crippen molar-refractivity contribution in [2.24, 2.45) is 5.92 Å². The lowest BCUT2D eigenvalue weighted by atomic mass is 10.1. The van der Waals surface area contributed by atoms with Gasteiger partial charge in [0, 0.05) is 18.1 Å². The number of nitrogens with zero attached hydrogens (tertiary/aromatic N) is 2. The van der Waals surface area contributed by atoms with Crippen LogP contribution >= 0.6 is 11.6 Å². The largest absolute Gasteiger partial charge is 0.354 e. The van der Waals surface area contributed by atoms with Gasteiger partial charge in [-0.1, -0.05) is 50.6 Å². The van der Waals surface area contributed by atoms with Gasteiger partial charge in [-0.2, -0.15) is 0 Å². The van der Waals surface area contributed by atoms with Gasteiger partial charge in [0.05, 0.1) is 11.9 Å². The maximum atomic E-state index is 13.6. The van der Waals surface area contributed by atoms with E-state index < -0.39 is 34.3 Å². The van der Waals surface area contributed by atoms with Gasteiger partial charge in [-0.25, -0.2) is 12.8 Å². The summed E-state index contributed by atoms with van der Waals surface area (Å²) in [6.45, 7) is 7.35. The Morgan fingerprint density at radius 3 is 2.29 bits per heavy atom. The molecule has 0 saturated carbocycles.